The molecule has 3 rings (SSSR count). The van der Waals surface area contributed by atoms with Gasteiger partial charge in [0.1, 0.15) is 0 Å². The third kappa shape index (κ3) is 4.84. The molecule has 3 heterocycles. The predicted molar refractivity (Wildman–Crippen MR) is 103 cm³/mol. The number of carbonyl (C=O) groups is 2. The highest BCUT2D eigenvalue weighted by molar-refractivity contribution is 7.13. The number of ether oxygens (including phenoxy) is 1. The lowest BCUT2D eigenvalue weighted by atomic mass is 10.2. The Hall–Kier alpha value is -1.44. The Bertz CT molecular complexity index is 627. The minimum atomic E-state index is 0.0995. The lowest BCUT2D eigenvalue weighted by molar-refractivity contribution is -0.131. The molecule has 0 N–H and O–H groups in total. The number of hydrogen-bond acceptors (Lipinski definition) is 5. The normalized spacial score (nSPS) is 21.2. The van der Waals surface area contributed by atoms with Crippen LogP contribution < -0.4 is 0 Å². The van der Waals surface area contributed by atoms with Crippen LogP contribution in [0.2, 0.25) is 0 Å². The number of nitrogens with zero attached hydrogens (tertiary/aromatic N) is 3. The van der Waals surface area contributed by atoms with Crippen LogP contribution in [0.4, 0.5) is 0 Å². The number of morpholine rings is 1. The molecule has 1 aromatic rings. The summed E-state index contributed by atoms with van der Waals surface area (Å²) < 4.78 is 5.38. The van der Waals surface area contributed by atoms with Crippen LogP contribution in [0.1, 0.15) is 34.3 Å². The summed E-state index contributed by atoms with van der Waals surface area (Å²) in [5.74, 6) is 0.209. The van der Waals surface area contributed by atoms with Gasteiger partial charge in [-0.25, -0.2) is 0 Å². The highest BCUT2D eigenvalue weighted by Gasteiger charge is 2.32. The Kier molecular flexibility index (Phi) is 6.67. The van der Waals surface area contributed by atoms with Crippen molar-refractivity contribution < 1.29 is 14.3 Å². The third-order valence-electron chi connectivity index (χ3n) is 5.22. The molecule has 2 aliphatic heterocycles. The van der Waals surface area contributed by atoms with Crippen LogP contribution in [-0.2, 0) is 9.53 Å². The van der Waals surface area contributed by atoms with Crippen molar-refractivity contribution in [2.45, 2.75) is 32.7 Å². The van der Waals surface area contributed by atoms with Gasteiger partial charge in [-0.15, -0.1) is 11.3 Å². The maximum atomic E-state index is 12.6. The second-order valence-corrected chi connectivity index (χ2v) is 8.41. The molecular weight excluding hydrogens is 350 g/mol. The van der Waals surface area contributed by atoms with E-state index in [4.69, 9.17) is 4.74 Å². The van der Waals surface area contributed by atoms with E-state index in [1.54, 1.807) is 18.3 Å². The number of aryl methyl sites for hydroxylation is 1. The molecule has 6 nitrogen and oxygen atoms in total. The van der Waals surface area contributed by atoms with Crippen LogP contribution >= 0.6 is 11.3 Å². The maximum absolute atomic E-state index is 12.6. The Balaban J connectivity index is 1.50. The first-order valence-electron chi connectivity index (χ1n) is 9.47. The Labute approximate surface area is 159 Å². The molecule has 0 aliphatic carbocycles. The van der Waals surface area contributed by atoms with Crippen LogP contribution in [0.25, 0.3) is 0 Å². The average Bonchev–Trinajstić information content (AvgIpc) is 3.28. The van der Waals surface area contributed by atoms with Gasteiger partial charge in [0.15, 0.2) is 0 Å². The van der Waals surface area contributed by atoms with Crippen LogP contribution in [0.3, 0.4) is 0 Å². The number of amides is 2. The molecule has 2 fully saturated rings. The molecule has 7 heteroatoms. The van der Waals surface area contributed by atoms with Gasteiger partial charge in [-0.2, -0.15) is 0 Å². The maximum Gasteiger partial charge on any atom is 0.263 e. The van der Waals surface area contributed by atoms with Crippen molar-refractivity contribution in [3.63, 3.8) is 0 Å². The van der Waals surface area contributed by atoms with Gasteiger partial charge >= 0.3 is 0 Å². The second-order valence-electron chi connectivity index (χ2n) is 7.12. The first-order valence-corrected chi connectivity index (χ1v) is 10.3. The minimum absolute atomic E-state index is 0.0995. The van der Waals surface area contributed by atoms with Crippen molar-refractivity contribution >= 4 is 23.2 Å². The van der Waals surface area contributed by atoms with Crippen LogP contribution in [0.15, 0.2) is 12.1 Å². The van der Waals surface area contributed by atoms with Gasteiger partial charge in [-0.05, 0) is 31.9 Å². The van der Waals surface area contributed by atoms with E-state index in [9.17, 15) is 9.59 Å². The predicted octanol–water partition coefficient (Wildman–Crippen LogP) is 1.84. The van der Waals surface area contributed by atoms with Crippen molar-refractivity contribution in [2.75, 3.05) is 52.5 Å². The molecule has 1 atom stereocenters. The first kappa shape index (κ1) is 19.3. The van der Waals surface area contributed by atoms with E-state index in [0.29, 0.717) is 6.54 Å². The third-order valence-corrected chi connectivity index (χ3v) is 6.21. The fourth-order valence-corrected chi connectivity index (χ4v) is 4.61. The van der Waals surface area contributed by atoms with Gasteiger partial charge in [0, 0.05) is 51.1 Å². The van der Waals surface area contributed by atoms with E-state index in [1.165, 1.54) is 0 Å². The number of likely N-dealkylation sites (tertiary alicyclic amines) is 1. The van der Waals surface area contributed by atoms with E-state index in [0.717, 1.165) is 68.5 Å². The molecule has 26 heavy (non-hydrogen) atoms. The molecule has 0 aromatic carbocycles. The Morgan fingerprint density at radius 3 is 2.69 bits per heavy atom. The zero-order valence-corrected chi connectivity index (χ0v) is 16.6. The summed E-state index contributed by atoms with van der Waals surface area (Å²) in [6.45, 7) is 10.4. The quantitative estimate of drug-likeness (QED) is 0.757. The van der Waals surface area contributed by atoms with Crippen molar-refractivity contribution in [1.29, 1.82) is 0 Å². The standard InChI is InChI=1S/C19H29N3O3S/c1-15-4-5-18(26-15)19(24)21-9-6-17(14-21)22(16(2)23)8-3-7-20-10-12-25-13-11-20/h4-5,17H,3,6-14H2,1-2H3. The molecule has 0 radical (unpaired) electrons. The Morgan fingerprint density at radius 1 is 1.27 bits per heavy atom. The highest BCUT2D eigenvalue weighted by Crippen LogP contribution is 2.22. The number of hydrogen-bond donors (Lipinski definition) is 0. The topological polar surface area (TPSA) is 53.1 Å². The molecule has 2 amide bonds. The zero-order valence-electron chi connectivity index (χ0n) is 15.8. The summed E-state index contributed by atoms with van der Waals surface area (Å²) >= 11 is 1.54. The van der Waals surface area contributed by atoms with Crippen LogP contribution in [0, 0.1) is 6.92 Å². The molecule has 1 unspecified atom stereocenters. The van der Waals surface area contributed by atoms with Gasteiger partial charge in [-0.1, -0.05) is 0 Å². The molecule has 2 aliphatic rings. The van der Waals surface area contributed by atoms with E-state index in [-0.39, 0.29) is 17.9 Å². The fraction of sp³-hybridized carbons (Fsp3) is 0.684. The van der Waals surface area contributed by atoms with Crippen molar-refractivity contribution in [2.24, 2.45) is 0 Å². The summed E-state index contributed by atoms with van der Waals surface area (Å²) in [5, 5.41) is 0. The molecule has 2 saturated heterocycles. The fourth-order valence-electron chi connectivity index (χ4n) is 3.77. The van der Waals surface area contributed by atoms with Crippen molar-refractivity contribution in [1.82, 2.24) is 14.7 Å². The van der Waals surface area contributed by atoms with Gasteiger partial charge in [0.2, 0.25) is 5.91 Å². The second kappa shape index (κ2) is 8.97. The van der Waals surface area contributed by atoms with Gasteiger partial charge < -0.3 is 14.5 Å². The first-order chi connectivity index (χ1) is 12.5. The van der Waals surface area contributed by atoms with Gasteiger partial charge in [0.25, 0.3) is 5.91 Å². The van der Waals surface area contributed by atoms with E-state index in [1.807, 2.05) is 28.9 Å². The summed E-state index contributed by atoms with van der Waals surface area (Å²) in [5.41, 5.74) is 0. The molecular formula is C19H29N3O3S. The van der Waals surface area contributed by atoms with E-state index < -0.39 is 0 Å². The smallest absolute Gasteiger partial charge is 0.263 e. The molecule has 0 saturated carbocycles. The minimum Gasteiger partial charge on any atom is -0.379 e. The van der Waals surface area contributed by atoms with E-state index in [2.05, 4.69) is 4.90 Å². The Morgan fingerprint density at radius 2 is 2.04 bits per heavy atom. The summed E-state index contributed by atoms with van der Waals surface area (Å²) in [4.78, 5) is 33.0. The number of carbonyl (C=O) groups excluding carboxylic acids is 2. The van der Waals surface area contributed by atoms with Crippen molar-refractivity contribution in [3.8, 4) is 0 Å². The lowest BCUT2D eigenvalue weighted by Gasteiger charge is -2.30. The summed E-state index contributed by atoms with van der Waals surface area (Å²) in [6, 6.07) is 4.03. The lowest BCUT2D eigenvalue weighted by Crippen LogP contribution is -2.43. The van der Waals surface area contributed by atoms with E-state index >= 15 is 0 Å². The monoisotopic (exact) mass is 379 g/mol. The van der Waals surface area contributed by atoms with Gasteiger partial charge in [0.05, 0.1) is 24.1 Å². The van der Waals surface area contributed by atoms with Crippen molar-refractivity contribution in [3.05, 3.63) is 21.9 Å². The largest absolute Gasteiger partial charge is 0.379 e. The number of rotatable bonds is 6. The molecule has 1 aromatic heterocycles. The average molecular weight is 380 g/mol. The molecule has 0 bridgehead atoms. The SMILES string of the molecule is CC(=O)N(CCCN1CCOCC1)C1CCN(C(=O)c2ccc(C)s2)C1. The summed E-state index contributed by atoms with van der Waals surface area (Å²) in [6.07, 6.45) is 1.83. The molecule has 0 spiro atoms. The summed E-state index contributed by atoms with van der Waals surface area (Å²) in [7, 11) is 0. The van der Waals surface area contributed by atoms with Gasteiger partial charge in [-0.3, -0.25) is 14.5 Å². The molecule has 144 valence electrons. The van der Waals surface area contributed by atoms with Crippen LogP contribution in [-0.4, -0.2) is 85.0 Å². The highest BCUT2D eigenvalue weighted by atomic mass is 32.1. The van der Waals surface area contributed by atoms with Crippen LogP contribution in [0.5, 0.6) is 0 Å². The zero-order chi connectivity index (χ0) is 18.5. The number of thiophene rings is 1.